The Balaban J connectivity index is 1.34. The molecule has 4 aromatic rings. The lowest BCUT2D eigenvalue weighted by atomic mass is 9.95. The van der Waals surface area contributed by atoms with Gasteiger partial charge in [-0.25, -0.2) is 4.79 Å². The number of carbonyl (C=O) groups is 3. The molecule has 0 unspecified atom stereocenters. The van der Waals surface area contributed by atoms with E-state index in [1.807, 2.05) is 12.1 Å². The van der Waals surface area contributed by atoms with Gasteiger partial charge < -0.3 is 24.3 Å². The van der Waals surface area contributed by atoms with Gasteiger partial charge in [-0.2, -0.15) is 0 Å². The maximum atomic E-state index is 13.3. The minimum Gasteiger partial charge on any atom is -0.480 e. The lowest BCUT2D eigenvalue weighted by molar-refractivity contribution is -0.139. The van der Waals surface area contributed by atoms with E-state index in [-0.39, 0.29) is 34.5 Å². The Morgan fingerprint density at radius 1 is 1.10 bits per heavy atom. The van der Waals surface area contributed by atoms with Crippen LogP contribution in [-0.2, 0) is 28.7 Å². The summed E-state index contributed by atoms with van der Waals surface area (Å²) in [5, 5.41) is 14.1. The van der Waals surface area contributed by atoms with Gasteiger partial charge in [-0.3, -0.25) is 9.59 Å². The predicted molar refractivity (Wildman–Crippen MR) is 159 cm³/mol. The maximum absolute atomic E-state index is 13.3. The number of aliphatic carboxylic acids is 1. The molecule has 0 aliphatic carbocycles. The van der Waals surface area contributed by atoms with Crippen LogP contribution in [0.3, 0.4) is 0 Å². The molecule has 11 heteroatoms. The van der Waals surface area contributed by atoms with Crippen LogP contribution in [0.4, 0.5) is 0 Å². The number of nitrogens with zero attached hydrogens (tertiary/aromatic N) is 1. The van der Waals surface area contributed by atoms with Crippen LogP contribution in [0, 0.1) is 0 Å². The Bertz CT molecular complexity index is 1740. The molecule has 8 nitrogen and oxygen atoms in total. The molecule has 41 heavy (non-hydrogen) atoms. The quantitative estimate of drug-likeness (QED) is 0.262. The first-order chi connectivity index (χ1) is 19.4. The van der Waals surface area contributed by atoms with E-state index in [9.17, 15) is 24.1 Å². The summed E-state index contributed by atoms with van der Waals surface area (Å²) in [4.78, 5) is 40.2. The fraction of sp³-hybridized carbons (Fsp3) is 0.233. The fourth-order valence-electron chi connectivity index (χ4n) is 4.99. The van der Waals surface area contributed by atoms with Gasteiger partial charge in [0.2, 0.25) is 0 Å². The number of halogens is 2. The van der Waals surface area contributed by atoms with Crippen molar-refractivity contribution < 1.29 is 28.5 Å². The number of hydrogen-bond donors (Lipinski definition) is 2. The largest absolute Gasteiger partial charge is 0.480 e. The van der Waals surface area contributed by atoms with Gasteiger partial charge in [0.15, 0.2) is 0 Å². The van der Waals surface area contributed by atoms with E-state index >= 15 is 0 Å². The highest BCUT2D eigenvalue weighted by molar-refractivity contribution is 7.70. The molecule has 1 atom stereocenters. The van der Waals surface area contributed by atoms with Crippen molar-refractivity contribution in [2.24, 2.45) is 0 Å². The number of carbonyl (C=O) groups excluding carboxylic acids is 2. The Kier molecular flexibility index (Phi) is 8.02. The topological polar surface area (TPSA) is 117 Å². The predicted octanol–water partition coefficient (Wildman–Crippen LogP) is 5.61. The third kappa shape index (κ3) is 6.05. The van der Waals surface area contributed by atoms with Crippen LogP contribution in [0.25, 0.3) is 11.0 Å². The number of amides is 2. The van der Waals surface area contributed by atoms with E-state index in [0.717, 1.165) is 5.39 Å². The molecule has 2 N–H and O–H groups in total. The second kappa shape index (κ2) is 11.4. The number of furan rings is 1. The van der Waals surface area contributed by atoms with Crippen molar-refractivity contribution in [1.82, 2.24) is 10.2 Å². The van der Waals surface area contributed by atoms with Gasteiger partial charge in [-0.1, -0.05) is 47.5 Å². The van der Waals surface area contributed by atoms with Crippen LogP contribution in [0.5, 0.6) is 0 Å². The third-order valence-corrected chi connectivity index (χ3v) is 9.43. The van der Waals surface area contributed by atoms with E-state index in [0.29, 0.717) is 46.1 Å². The highest BCUT2D eigenvalue weighted by Gasteiger charge is 2.30. The van der Waals surface area contributed by atoms with Crippen molar-refractivity contribution in [1.29, 1.82) is 0 Å². The van der Waals surface area contributed by atoms with Gasteiger partial charge in [0, 0.05) is 35.8 Å². The van der Waals surface area contributed by atoms with Crippen molar-refractivity contribution in [3.8, 4) is 0 Å². The molecule has 0 bridgehead atoms. The van der Waals surface area contributed by atoms with Gasteiger partial charge in [-0.05, 0) is 66.8 Å². The Hall–Kier alpha value is -3.58. The van der Waals surface area contributed by atoms with E-state index in [4.69, 9.17) is 27.6 Å². The first kappa shape index (κ1) is 28.9. The van der Waals surface area contributed by atoms with Gasteiger partial charge in [-0.15, -0.1) is 0 Å². The minimum absolute atomic E-state index is 0.0123. The molecule has 2 amide bonds. The average molecular weight is 613 g/mol. The molecule has 0 saturated carbocycles. The SMILES string of the molecule is CP(C)(=O)c1cccc(C[C@H](NC(=O)c2c(Cl)cc3c(c2Cl)CCN(C(=O)c2ccc4ccoc4c2)C3)C(=O)O)c1. The number of fused-ring (bicyclic) bond motifs is 2. The smallest absolute Gasteiger partial charge is 0.326 e. The Labute approximate surface area is 246 Å². The lowest BCUT2D eigenvalue weighted by Crippen LogP contribution is -2.43. The monoisotopic (exact) mass is 612 g/mol. The Morgan fingerprint density at radius 2 is 1.88 bits per heavy atom. The van der Waals surface area contributed by atoms with Gasteiger partial charge in [0.1, 0.15) is 18.8 Å². The van der Waals surface area contributed by atoms with Crippen molar-refractivity contribution in [3.05, 3.63) is 98.7 Å². The van der Waals surface area contributed by atoms with Gasteiger partial charge in [0.25, 0.3) is 11.8 Å². The molecule has 212 valence electrons. The minimum atomic E-state index is -2.55. The molecule has 5 rings (SSSR count). The fourth-order valence-corrected chi connectivity index (χ4v) is 6.67. The molecule has 1 aliphatic heterocycles. The molecule has 2 heterocycles. The van der Waals surface area contributed by atoms with Crippen molar-refractivity contribution >= 4 is 64.4 Å². The summed E-state index contributed by atoms with van der Waals surface area (Å²) in [5.41, 5.74) is 3.13. The van der Waals surface area contributed by atoms with Gasteiger partial charge in [0.05, 0.1) is 21.9 Å². The van der Waals surface area contributed by atoms with E-state index < -0.39 is 25.1 Å². The molecule has 0 saturated heterocycles. The Morgan fingerprint density at radius 3 is 2.61 bits per heavy atom. The van der Waals surface area contributed by atoms with Crippen LogP contribution in [0.15, 0.2) is 65.3 Å². The van der Waals surface area contributed by atoms with E-state index in [2.05, 4.69) is 5.32 Å². The first-order valence-corrected chi connectivity index (χ1v) is 16.2. The van der Waals surface area contributed by atoms with Crippen LogP contribution in [0.1, 0.15) is 37.4 Å². The molecular weight excluding hydrogens is 586 g/mol. The summed E-state index contributed by atoms with van der Waals surface area (Å²) < 4.78 is 17.9. The van der Waals surface area contributed by atoms with Crippen molar-refractivity contribution in [2.45, 2.75) is 25.4 Å². The van der Waals surface area contributed by atoms with Gasteiger partial charge >= 0.3 is 5.97 Å². The van der Waals surface area contributed by atoms with Crippen molar-refractivity contribution in [2.75, 3.05) is 19.9 Å². The summed E-state index contributed by atoms with van der Waals surface area (Å²) >= 11 is 13.2. The van der Waals surface area contributed by atoms with E-state index in [1.165, 1.54) is 0 Å². The number of benzene rings is 3. The summed E-state index contributed by atoms with van der Waals surface area (Å²) in [6.45, 7) is 3.89. The first-order valence-electron chi connectivity index (χ1n) is 12.9. The summed E-state index contributed by atoms with van der Waals surface area (Å²) in [7, 11) is -2.55. The number of rotatable bonds is 7. The molecule has 0 fully saturated rings. The van der Waals surface area contributed by atoms with Crippen LogP contribution in [0.2, 0.25) is 10.0 Å². The molecular formula is C30H27Cl2N2O6P. The van der Waals surface area contributed by atoms with Crippen LogP contribution >= 0.6 is 30.3 Å². The zero-order valence-corrected chi connectivity index (χ0v) is 24.7. The summed E-state index contributed by atoms with van der Waals surface area (Å²) in [5.74, 6) is -2.11. The number of nitrogens with one attached hydrogen (secondary N) is 1. The summed E-state index contributed by atoms with van der Waals surface area (Å²) in [6, 6.07) is 14.3. The van der Waals surface area contributed by atoms with Crippen molar-refractivity contribution in [3.63, 3.8) is 0 Å². The second-order valence-electron chi connectivity index (χ2n) is 10.4. The molecule has 1 aromatic heterocycles. The molecule has 3 aromatic carbocycles. The highest BCUT2D eigenvalue weighted by atomic mass is 35.5. The zero-order chi connectivity index (χ0) is 29.5. The molecule has 1 aliphatic rings. The summed E-state index contributed by atoms with van der Waals surface area (Å²) in [6.07, 6.45) is 1.94. The lowest BCUT2D eigenvalue weighted by Gasteiger charge is -2.30. The third-order valence-electron chi connectivity index (χ3n) is 7.20. The molecule has 0 spiro atoms. The second-order valence-corrected chi connectivity index (χ2v) is 14.4. The highest BCUT2D eigenvalue weighted by Crippen LogP contribution is 2.36. The number of carboxylic acid groups (broad SMARTS) is 1. The van der Waals surface area contributed by atoms with E-state index in [1.54, 1.807) is 67.0 Å². The maximum Gasteiger partial charge on any atom is 0.326 e. The normalized spacial score (nSPS) is 14.0. The van der Waals surface area contributed by atoms with Crippen LogP contribution < -0.4 is 10.6 Å². The van der Waals surface area contributed by atoms with Crippen LogP contribution in [-0.4, -0.2) is 53.7 Å². The number of hydrogen-bond acceptors (Lipinski definition) is 5. The molecule has 0 radical (unpaired) electrons. The number of carboxylic acids is 1. The average Bonchev–Trinajstić information content (AvgIpc) is 3.39. The zero-order valence-electron chi connectivity index (χ0n) is 22.3. The standard InChI is InChI=1S/C30H27Cl2N2O6P/c1-41(2,39)21-5-3-4-17(12-21)13-24(30(37)38)33-28(35)26-23(31)14-20-16-34(10-8-22(20)27(26)32)29(36)19-7-6-18-9-11-40-25(18)15-19/h3-7,9,11-12,14-15,24H,8,10,13,16H2,1-2H3,(H,33,35)(H,37,38)/t24-/m0/s1.